The predicted octanol–water partition coefficient (Wildman–Crippen LogP) is 2.94. The summed E-state index contributed by atoms with van der Waals surface area (Å²) in [6.45, 7) is 0. The van der Waals surface area contributed by atoms with E-state index in [9.17, 15) is 22.4 Å². The molecule has 1 fully saturated rings. The minimum atomic E-state index is -3.11. The summed E-state index contributed by atoms with van der Waals surface area (Å²) >= 11 is 1.39. The molecule has 2 aromatic rings. The number of thiophene rings is 1. The third kappa shape index (κ3) is 4.35. The van der Waals surface area contributed by atoms with Gasteiger partial charge in [0.05, 0.1) is 17.1 Å². The van der Waals surface area contributed by atoms with E-state index in [0.717, 1.165) is 36.1 Å². The SMILES string of the molecule is O=C(Nc1sc2c(c1C(=O)NC1CCS(=O)(=O)C1)CCCC2)c1ccc(F)cc1. The van der Waals surface area contributed by atoms with Crippen molar-refractivity contribution >= 4 is 38.0 Å². The molecule has 9 heteroatoms. The average Bonchev–Trinajstić information content (AvgIpc) is 3.21. The van der Waals surface area contributed by atoms with Crippen molar-refractivity contribution in [2.24, 2.45) is 0 Å². The van der Waals surface area contributed by atoms with Crippen molar-refractivity contribution in [1.29, 1.82) is 0 Å². The van der Waals surface area contributed by atoms with Crippen LogP contribution in [-0.2, 0) is 22.7 Å². The van der Waals surface area contributed by atoms with Crippen LogP contribution in [0.3, 0.4) is 0 Å². The lowest BCUT2D eigenvalue weighted by atomic mass is 9.95. The molecule has 1 aliphatic heterocycles. The molecule has 2 amide bonds. The Bertz CT molecular complexity index is 1060. The first-order valence-corrected chi connectivity index (χ1v) is 12.2. The topological polar surface area (TPSA) is 92.3 Å². The normalized spacial score (nSPS) is 20.1. The Labute approximate surface area is 172 Å². The predicted molar refractivity (Wildman–Crippen MR) is 110 cm³/mol. The molecule has 1 atom stereocenters. The van der Waals surface area contributed by atoms with Gasteiger partial charge in [0.15, 0.2) is 9.84 Å². The molecule has 2 aliphatic rings. The highest BCUT2D eigenvalue weighted by Crippen LogP contribution is 2.38. The number of amides is 2. The van der Waals surface area contributed by atoms with Crippen LogP contribution in [0.4, 0.5) is 9.39 Å². The zero-order chi connectivity index (χ0) is 20.6. The average molecular weight is 437 g/mol. The standard InChI is InChI=1S/C20H21FN2O4S2/c21-13-7-5-12(6-8-13)18(24)23-20-17(15-3-1-2-4-16(15)28-20)19(25)22-14-9-10-29(26,27)11-14/h5-8,14H,1-4,9-11H2,(H,22,25)(H,23,24). The summed E-state index contributed by atoms with van der Waals surface area (Å²) in [6.07, 6.45) is 4.00. The van der Waals surface area contributed by atoms with Gasteiger partial charge in [-0.1, -0.05) is 0 Å². The molecule has 1 aromatic carbocycles. The smallest absolute Gasteiger partial charge is 0.256 e. The molecule has 0 spiro atoms. The van der Waals surface area contributed by atoms with Gasteiger partial charge in [0.2, 0.25) is 0 Å². The van der Waals surface area contributed by atoms with E-state index in [-0.39, 0.29) is 17.4 Å². The zero-order valence-electron chi connectivity index (χ0n) is 15.7. The Morgan fingerprint density at radius 2 is 1.79 bits per heavy atom. The number of halogens is 1. The molecule has 1 aromatic heterocycles. The van der Waals surface area contributed by atoms with E-state index in [4.69, 9.17) is 0 Å². The number of carbonyl (C=O) groups is 2. The van der Waals surface area contributed by atoms with E-state index in [2.05, 4.69) is 10.6 Å². The molecule has 0 bridgehead atoms. The second kappa shape index (κ2) is 7.87. The van der Waals surface area contributed by atoms with E-state index < -0.39 is 27.6 Å². The van der Waals surface area contributed by atoms with Gasteiger partial charge in [0, 0.05) is 16.5 Å². The number of benzene rings is 1. The van der Waals surface area contributed by atoms with Crippen LogP contribution in [0.5, 0.6) is 0 Å². The lowest BCUT2D eigenvalue weighted by Crippen LogP contribution is -2.36. The van der Waals surface area contributed by atoms with Crippen molar-refractivity contribution in [3.8, 4) is 0 Å². The number of carbonyl (C=O) groups excluding carboxylic acids is 2. The summed E-state index contributed by atoms with van der Waals surface area (Å²) in [4.78, 5) is 26.7. The van der Waals surface area contributed by atoms with Crippen molar-refractivity contribution in [3.63, 3.8) is 0 Å². The molecule has 1 aliphatic carbocycles. The highest BCUT2D eigenvalue weighted by Gasteiger charge is 2.32. The molecule has 0 saturated carbocycles. The van der Waals surface area contributed by atoms with E-state index in [1.54, 1.807) is 0 Å². The van der Waals surface area contributed by atoms with Crippen LogP contribution in [0, 0.1) is 5.82 Å². The summed E-state index contributed by atoms with van der Waals surface area (Å²) in [5.41, 5.74) is 1.67. The maximum atomic E-state index is 13.1. The maximum absolute atomic E-state index is 13.1. The van der Waals surface area contributed by atoms with Gasteiger partial charge in [-0.05, 0) is 61.9 Å². The molecule has 2 heterocycles. The van der Waals surface area contributed by atoms with Gasteiger partial charge >= 0.3 is 0 Å². The highest BCUT2D eigenvalue weighted by molar-refractivity contribution is 7.91. The van der Waals surface area contributed by atoms with E-state index >= 15 is 0 Å². The van der Waals surface area contributed by atoms with Gasteiger partial charge in [-0.25, -0.2) is 12.8 Å². The fourth-order valence-electron chi connectivity index (χ4n) is 3.84. The summed E-state index contributed by atoms with van der Waals surface area (Å²) < 4.78 is 36.5. The summed E-state index contributed by atoms with van der Waals surface area (Å²) in [6, 6.07) is 4.79. The number of sulfone groups is 1. The number of fused-ring (bicyclic) bond motifs is 1. The van der Waals surface area contributed by atoms with E-state index in [1.807, 2.05) is 0 Å². The molecule has 4 rings (SSSR count). The quantitative estimate of drug-likeness (QED) is 0.771. The van der Waals surface area contributed by atoms with E-state index in [0.29, 0.717) is 22.5 Å². The Balaban J connectivity index is 1.60. The van der Waals surface area contributed by atoms with Crippen molar-refractivity contribution in [1.82, 2.24) is 5.32 Å². The van der Waals surface area contributed by atoms with Gasteiger partial charge in [0.25, 0.3) is 11.8 Å². The third-order valence-corrected chi connectivity index (χ3v) is 8.27. The minimum Gasteiger partial charge on any atom is -0.348 e. The van der Waals surface area contributed by atoms with Crippen molar-refractivity contribution < 1.29 is 22.4 Å². The summed E-state index contributed by atoms with van der Waals surface area (Å²) in [5.74, 6) is -1.17. The first-order valence-electron chi connectivity index (χ1n) is 9.55. The molecule has 0 radical (unpaired) electrons. The van der Waals surface area contributed by atoms with Crippen LogP contribution in [0.2, 0.25) is 0 Å². The van der Waals surface area contributed by atoms with Crippen molar-refractivity contribution in [2.45, 2.75) is 38.1 Å². The highest BCUT2D eigenvalue weighted by atomic mass is 32.2. The molecule has 1 saturated heterocycles. The lowest BCUT2D eigenvalue weighted by Gasteiger charge is -2.15. The van der Waals surface area contributed by atoms with E-state index in [1.165, 1.54) is 35.6 Å². The van der Waals surface area contributed by atoms with Crippen molar-refractivity contribution in [2.75, 3.05) is 16.8 Å². The number of hydrogen-bond acceptors (Lipinski definition) is 5. The summed E-state index contributed by atoms with van der Waals surface area (Å²) in [5, 5.41) is 6.10. The van der Waals surface area contributed by atoms with Gasteiger partial charge in [-0.15, -0.1) is 11.3 Å². The second-order valence-corrected chi connectivity index (χ2v) is 10.8. The Hall–Kier alpha value is -2.26. The summed E-state index contributed by atoms with van der Waals surface area (Å²) in [7, 11) is -3.11. The number of aryl methyl sites for hydroxylation is 1. The largest absolute Gasteiger partial charge is 0.348 e. The van der Waals surface area contributed by atoms with Crippen LogP contribution in [0.25, 0.3) is 0 Å². The zero-order valence-corrected chi connectivity index (χ0v) is 17.3. The van der Waals surface area contributed by atoms with Crippen LogP contribution < -0.4 is 10.6 Å². The molecule has 29 heavy (non-hydrogen) atoms. The molecule has 154 valence electrons. The van der Waals surface area contributed by atoms with Crippen LogP contribution >= 0.6 is 11.3 Å². The van der Waals surface area contributed by atoms with Gasteiger partial charge < -0.3 is 10.6 Å². The molecule has 2 N–H and O–H groups in total. The first-order chi connectivity index (χ1) is 13.8. The fraction of sp³-hybridized carbons (Fsp3) is 0.400. The second-order valence-electron chi connectivity index (χ2n) is 7.45. The van der Waals surface area contributed by atoms with Gasteiger partial charge in [-0.2, -0.15) is 0 Å². The Morgan fingerprint density at radius 1 is 1.07 bits per heavy atom. The Kier molecular flexibility index (Phi) is 5.44. The minimum absolute atomic E-state index is 0.0532. The van der Waals surface area contributed by atoms with Crippen molar-refractivity contribution in [3.05, 3.63) is 51.7 Å². The molecule has 6 nitrogen and oxygen atoms in total. The molecule has 1 unspecified atom stereocenters. The number of nitrogens with one attached hydrogen (secondary N) is 2. The maximum Gasteiger partial charge on any atom is 0.256 e. The monoisotopic (exact) mass is 436 g/mol. The van der Waals surface area contributed by atoms with Gasteiger partial charge in [-0.3, -0.25) is 9.59 Å². The van der Waals surface area contributed by atoms with Crippen LogP contribution in [-0.4, -0.2) is 37.8 Å². The van der Waals surface area contributed by atoms with Crippen LogP contribution in [0.15, 0.2) is 24.3 Å². The number of hydrogen-bond donors (Lipinski definition) is 2. The first kappa shape index (κ1) is 20.0. The van der Waals surface area contributed by atoms with Gasteiger partial charge in [0.1, 0.15) is 10.8 Å². The van der Waals surface area contributed by atoms with Crippen LogP contribution in [0.1, 0.15) is 50.4 Å². The Morgan fingerprint density at radius 3 is 2.48 bits per heavy atom. The lowest BCUT2D eigenvalue weighted by molar-refractivity contribution is 0.0941. The number of anilines is 1. The number of rotatable bonds is 4. The molecular weight excluding hydrogens is 415 g/mol. The molecular formula is C20H21FN2O4S2. The third-order valence-electron chi connectivity index (χ3n) is 5.30. The fourth-order valence-corrected chi connectivity index (χ4v) is 6.79.